The Labute approximate surface area is 141 Å². The summed E-state index contributed by atoms with van der Waals surface area (Å²) in [6, 6.07) is 12.9. The number of nitrogens with one attached hydrogen (secondary N) is 1. The molecule has 1 N–H and O–H groups in total. The summed E-state index contributed by atoms with van der Waals surface area (Å²) < 4.78 is 15.9. The molecule has 6 heteroatoms. The van der Waals surface area contributed by atoms with E-state index in [1.165, 1.54) is 6.21 Å². The van der Waals surface area contributed by atoms with Gasteiger partial charge in [-0.3, -0.25) is 4.79 Å². The lowest BCUT2D eigenvalue weighted by atomic mass is 10.2. The lowest BCUT2D eigenvalue weighted by molar-refractivity contribution is -0.123. The second-order valence-corrected chi connectivity index (χ2v) is 4.98. The van der Waals surface area contributed by atoms with E-state index in [0.717, 1.165) is 5.56 Å². The first kappa shape index (κ1) is 17.3. The molecule has 0 aromatic heterocycles. The molecule has 0 spiro atoms. The Morgan fingerprint density at radius 2 is 1.96 bits per heavy atom. The maximum Gasteiger partial charge on any atom is 0.277 e. The van der Waals surface area contributed by atoms with Crippen LogP contribution >= 0.6 is 0 Å². The third kappa shape index (κ3) is 4.74. The fourth-order valence-corrected chi connectivity index (χ4v) is 2.07. The third-order valence-corrected chi connectivity index (χ3v) is 3.19. The van der Waals surface area contributed by atoms with Crippen LogP contribution in [0.15, 0.2) is 47.6 Å². The molecule has 0 saturated carbocycles. The number of para-hydroxylation sites is 1. The van der Waals surface area contributed by atoms with Gasteiger partial charge in [-0.1, -0.05) is 18.2 Å². The van der Waals surface area contributed by atoms with E-state index < -0.39 is 0 Å². The van der Waals surface area contributed by atoms with Crippen molar-refractivity contribution in [3.05, 3.63) is 53.6 Å². The molecule has 0 saturated heterocycles. The summed E-state index contributed by atoms with van der Waals surface area (Å²) >= 11 is 0. The number of nitrogens with zero attached hydrogens (tertiary/aromatic N) is 1. The second-order valence-electron chi connectivity index (χ2n) is 4.98. The van der Waals surface area contributed by atoms with Gasteiger partial charge < -0.3 is 14.2 Å². The summed E-state index contributed by atoms with van der Waals surface area (Å²) in [5.74, 6) is 1.43. The maximum absolute atomic E-state index is 11.8. The van der Waals surface area contributed by atoms with Crippen LogP contribution in [0.1, 0.15) is 11.1 Å². The van der Waals surface area contributed by atoms with Gasteiger partial charge in [0.1, 0.15) is 5.75 Å². The minimum absolute atomic E-state index is 0.115. The third-order valence-electron chi connectivity index (χ3n) is 3.19. The zero-order valence-electron chi connectivity index (χ0n) is 13.9. The molecule has 126 valence electrons. The monoisotopic (exact) mass is 328 g/mol. The van der Waals surface area contributed by atoms with E-state index in [4.69, 9.17) is 14.2 Å². The SMILES string of the molecule is COc1cccc(/C=N/NC(=O)COc2cccc(C)c2)c1OC. The predicted octanol–water partition coefficient (Wildman–Crippen LogP) is 2.54. The Morgan fingerprint density at radius 3 is 2.67 bits per heavy atom. The van der Waals surface area contributed by atoms with Gasteiger partial charge in [0, 0.05) is 5.56 Å². The molecular weight excluding hydrogens is 308 g/mol. The number of ether oxygens (including phenoxy) is 3. The summed E-state index contributed by atoms with van der Waals surface area (Å²) in [7, 11) is 3.10. The Bertz CT molecular complexity index is 729. The van der Waals surface area contributed by atoms with Crippen LogP contribution in [0.25, 0.3) is 0 Å². The molecule has 0 aliphatic carbocycles. The lowest BCUT2D eigenvalue weighted by Crippen LogP contribution is -2.24. The Morgan fingerprint density at radius 1 is 1.17 bits per heavy atom. The first-order valence-corrected chi connectivity index (χ1v) is 7.36. The highest BCUT2D eigenvalue weighted by Crippen LogP contribution is 2.29. The van der Waals surface area contributed by atoms with Gasteiger partial charge in [-0.15, -0.1) is 0 Å². The first-order chi connectivity index (χ1) is 11.6. The number of methoxy groups -OCH3 is 2. The molecule has 0 atom stereocenters. The van der Waals surface area contributed by atoms with Gasteiger partial charge in [-0.2, -0.15) is 5.10 Å². The van der Waals surface area contributed by atoms with Crippen molar-refractivity contribution >= 4 is 12.1 Å². The van der Waals surface area contributed by atoms with Crippen LogP contribution in [0, 0.1) is 6.92 Å². The van der Waals surface area contributed by atoms with Crippen LogP contribution in [0.2, 0.25) is 0 Å². The molecule has 2 aromatic carbocycles. The quantitative estimate of drug-likeness (QED) is 0.626. The molecule has 0 radical (unpaired) electrons. The van der Waals surface area contributed by atoms with Crippen LogP contribution in [-0.4, -0.2) is 32.9 Å². The van der Waals surface area contributed by atoms with E-state index in [1.54, 1.807) is 32.4 Å². The largest absolute Gasteiger partial charge is 0.493 e. The number of benzene rings is 2. The van der Waals surface area contributed by atoms with Crippen molar-refractivity contribution in [1.29, 1.82) is 0 Å². The minimum Gasteiger partial charge on any atom is -0.493 e. The van der Waals surface area contributed by atoms with Crippen LogP contribution in [0.3, 0.4) is 0 Å². The van der Waals surface area contributed by atoms with E-state index in [0.29, 0.717) is 22.8 Å². The topological polar surface area (TPSA) is 69.2 Å². The normalized spacial score (nSPS) is 10.5. The highest BCUT2D eigenvalue weighted by atomic mass is 16.5. The van der Waals surface area contributed by atoms with Crippen molar-refractivity contribution in [1.82, 2.24) is 5.43 Å². The van der Waals surface area contributed by atoms with Gasteiger partial charge in [0.05, 0.1) is 20.4 Å². The average molecular weight is 328 g/mol. The van der Waals surface area contributed by atoms with Crippen molar-refractivity contribution in [2.24, 2.45) is 5.10 Å². The van der Waals surface area contributed by atoms with Crippen molar-refractivity contribution in [2.45, 2.75) is 6.92 Å². The van der Waals surface area contributed by atoms with Crippen molar-refractivity contribution in [3.63, 3.8) is 0 Å². The molecule has 0 heterocycles. The van der Waals surface area contributed by atoms with Gasteiger partial charge in [0.15, 0.2) is 18.1 Å². The van der Waals surface area contributed by atoms with Crippen LogP contribution in [0.4, 0.5) is 0 Å². The van der Waals surface area contributed by atoms with E-state index in [-0.39, 0.29) is 12.5 Å². The van der Waals surface area contributed by atoms with Crippen LogP contribution in [-0.2, 0) is 4.79 Å². The number of carbonyl (C=O) groups is 1. The van der Waals surface area contributed by atoms with E-state index in [9.17, 15) is 4.79 Å². The molecular formula is C18H20N2O4. The van der Waals surface area contributed by atoms with E-state index >= 15 is 0 Å². The fourth-order valence-electron chi connectivity index (χ4n) is 2.07. The smallest absolute Gasteiger partial charge is 0.277 e. The molecule has 0 fully saturated rings. The minimum atomic E-state index is -0.352. The van der Waals surface area contributed by atoms with Crippen LogP contribution < -0.4 is 19.6 Å². The highest BCUT2D eigenvalue weighted by molar-refractivity contribution is 5.86. The van der Waals surface area contributed by atoms with Gasteiger partial charge >= 0.3 is 0 Å². The number of aryl methyl sites for hydroxylation is 1. The van der Waals surface area contributed by atoms with Crippen LogP contribution in [0.5, 0.6) is 17.2 Å². The lowest BCUT2D eigenvalue weighted by Gasteiger charge is -2.09. The molecule has 0 aliphatic rings. The van der Waals surface area contributed by atoms with Crippen molar-refractivity contribution in [2.75, 3.05) is 20.8 Å². The zero-order valence-corrected chi connectivity index (χ0v) is 13.9. The molecule has 2 rings (SSSR count). The maximum atomic E-state index is 11.8. The summed E-state index contributed by atoms with van der Waals surface area (Å²) in [6.45, 7) is 1.84. The summed E-state index contributed by atoms with van der Waals surface area (Å²) in [5.41, 5.74) is 4.17. The number of rotatable bonds is 7. The number of carbonyl (C=O) groups excluding carboxylic acids is 1. The standard InChI is InChI=1S/C18H20N2O4/c1-13-6-4-8-15(10-13)24-12-17(21)20-19-11-14-7-5-9-16(22-2)18(14)23-3/h4-11H,12H2,1-3H3,(H,20,21)/b19-11+. The first-order valence-electron chi connectivity index (χ1n) is 7.36. The van der Waals surface area contributed by atoms with E-state index in [2.05, 4.69) is 10.5 Å². The van der Waals surface area contributed by atoms with Gasteiger partial charge in [0.2, 0.25) is 0 Å². The molecule has 0 bridgehead atoms. The average Bonchev–Trinajstić information content (AvgIpc) is 2.59. The van der Waals surface area contributed by atoms with Gasteiger partial charge in [0.25, 0.3) is 5.91 Å². The number of hydrazone groups is 1. The van der Waals surface area contributed by atoms with Crippen molar-refractivity contribution in [3.8, 4) is 17.2 Å². The molecule has 1 amide bonds. The second kappa shape index (κ2) is 8.57. The van der Waals surface area contributed by atoms with Gasteiger partial charge in [-0.05, 0) is 36.8 Å². The highest BCUT2D eigenvalue weighted by Gasteiger charge is 2.07. The Balaban J connectivity index is 1.91. The summed E-state index contributed by atoms with van der Waals surface area (Å²) in [6.07, 6.45) is 1.49. The summed E-state index contributed by atoms with van der Waals surface area (Å²) in [4.78, 5) is 11.8. The Hall–Kier alpha value is -3.02. The zero-order chi connectivity index (χ0) is 17.4. The number of hydrogen-bond donors (Lipinski definition) is 1. The molecule has 0 aliphatic heterocycles. The fraction of sp³-hybridized carbons (Fsp3) is 0.222. The predicted molar refractivity (Wildman–Crippen MR) is 92.0 cm³/mol. The van der Waals surface area contributed by atoms with Crippen molar-refractivity contribution < 1.29 is 19.0 Å². The number of amides is 1. The number of hydrogen-bond acceptors (Lipinski definition) is 5. The van der Waals surface area contributed by atoms with E-state index in [1.807, 2.05) is 31.2 Å². The van der Waals surface area contributed by atoms with Gasteiger partial charge in [-0.25, -0.2) is 5.43 Å². The summed E-state index contributed by atoms with van der Waals surface area (Å²) in [5, 5.41) is 3.92. The molecule has 6 nitrogen and oxygen atoms in total. The molecule has 0 unspecified atom stereocenters. The Kier molecular flexibility index (Phi) is 6.19. The molecule has 2 aromatic rings. The molecule has 24 heavy (non-hydrogen) atoms.